The molecule has 10 heavy (non-hydrogen) atoms. The molecule has 2 nitrogen and oxygen atoms in total. The predicted molar refractivity (Wildman–Crippen MR) is 42.4 cm³/mol. The van der Waals surface area contributed by atoms with E-state index in [-0.39, 0.29) is 5.91 Å². The Bertz CT molecular complexity index is 180. The van der Waals surface area contributed by atoms with Crippen molar-refractivity contribution in [1.82, 2.24) is 5.32 Å². The number of nitrogens with one attached hydrogen (secondary N) is 1. The summed E-state index contributed by atoms with van der Waals surface area (Å²) in [6, 6.07) is 0. The fourth-order valence-corrected chi connectivity index (χ4v) is 0.683. The molecule has 56 valence electrons. The van der Waals surface area contributed by atoms with Crippen molar-refractivity contribution in [1.29, 1.82) is 0 Å². The fraction of sp³-hybridized carbons (Fsp3) is 0.375. The molecule has 0 saturated heterocycles. The Labute approximate surface area is 61.6 Å². The van der Waals surface area contributed by atoms with Crippen molar-refractivity contribution in [3.05, 3.63) is 23.9 Å². The van der Waals surface area contributed by atoms with Gasteiger partial charge in [-0.15, -0.1) is 0 Å². The van der Waals surface area contributed by atoms with Crippen LogP contribution >= 0.6 is 0 Å². The van der Waals surface area contributed by atoms with Crippen LogP contribution in [0.4, 0.5) is 0 Å². The lowest BCUT2D eigenvalue weighted by Crippen LogP contribution is -2.16. The maximum atomic E-state index is 10.5. The van der Waals surface area contributed by atoms with E-state index in [4.69, 9.17) is 0 Å². The van der Waals surface area contributed by atoms with Crippen molar-refractivity contribution < 1.29 is 4.79 Å². The number of rotatable bonds is 2. The molecule has 0 aliphatic rings. The van der Waals surface area contributed by atoms with Gasteiger partial charge in [-0.25, -0.2) is 0 Å². The summed E-state index contributed by atoms with van der Waals surface area (Å²) in [5.74, 6) is -0.0463. The Balaban J connectivity index is 3.95. The van der Waals surface area contributed by atoms with Crippen molar-refractivity contribution in [3.63, 3.8) is 0 Å². The van der Waals surface area contributed by atoms with Gasteiger partial charge in [-0.3, -0.25) is 4.79 Å². The van der Waals surface area contributed by atoms with Crippen molar-refractivity contribution >= 4 is 5.91 Å². The summed E-state index contributed by atoms with van der Waals surface area (Å²) >= 11 is 0. The van der Waals surface area contributed by atoms with Gasteiger partial charge in [0.2, 0.25) is 5.91 Å². The second-order valence-electron chi connectivity index (χ2n) is 2.35. The second-order valence-corrected chi connectivity index (χ2v) is 2.35. The Morgan fingerprint density at radius 2 is 1.90 bits per heavy atom. The summed E-state index contributed by atoms with van der Waals surface area (Å²) in [4.78, 5) is 10.5. The molecule has 0 bridgehead atoms. The van der Waals surface area contributed by atoms with Crippen LogP contribution in [0.25, 0.3) is 0 Å². The molecule has 0 aliphatic carbocycles. The number of carbonyl (C=O) groups excluding carboxylic acids is 1. The quantitative estimate of drug-likeness (QED) is 0.578. The zero-order chi connectivity index (χ0) is 8.15. The van der Waals surface area contributed by atoms with E-state index in [0.29, 0.717) is 0 Å². The molecule has 0 aliphatic heterocycles. The van der Waals surface area contributed by atoms with E-state index in [1.165, 1.54) is 6.92 Å². The fourth-order valence-electron chi connectivity index (χ4n) is 0.683. The highest BCUT2D eigenvalue weighted by molar-refractivity contribution is 5.74. The molecule has 0 atom stereocenters. The lowest BCUT2D eigenvalue weighted by molar-refractivity contribution is -0.118. The van der Waals surface area contributed by atoms with E-state index >= 15 is 0 Å². The van der Waals surface area contributed by atoms with Crippen molar-refractivity contribution in [2.24, 2.45) is 0 Å². The lowest BCUT2D eigenvalue weighted by atomic mass is 10.3. The first-order chi connectivity index (χ1) is 4.52. The Hall–Kier alpha value is -1.05. The van der Waals surface area contributed by atoms with Gasteiger partial charge in [0, 0.05) is 12.6 Å². The van der Waals surface area contributed by atoms with Crippen LogP contribution in [0.1, 0.15) is 20.8 Å². The van der Waals surface area contributed by atoms with E-state index < -0.39 is 0 Å². The molecule has 0 saturated carbocycles. The van der Waals surface area contributed by atoms with E-state index in [9.17, 15) is 4.79 Å². The molecule has 0 unspecified atom stereocenters. The SMILES string of the molecule is C=C(C)/C=C(/C)NC(C)=O. The third-order valence-corrected chi connectivity index (χ3v) is 0.836. The molecular weight excluding hydrogens is 126 g/mol. The summed E-state index contributed by atoms with van der Waals surface area (Å²) in [5.41, 5.74) is 1.77. The van der Waals surface area contributed by atoms with Crippen molar-refractivity contribution in [3.8, 4) is 0 Å². The molecule has 0 rings (SSSR count). The van der Waals surface area contributed by atoms with Gasteiger partial charge in [0.25, 0.3) is 0 Å². The average molecular weight is 139 g/mol. The van der Waals surface area contributed by atoms with Gasteiger partial charge in [-0.1, -0.05) is 12.2 Å². The average Bonchev–Trinajstić information content (AvgIpc) is 1.58. The summed E-state index contributed by atoms with van der Waals surface area (Å²) in [7, 11) is 0. The maximum absolute atomic E-state index is 10.5. The Kier molecular flexibility index (Phi) is 3.47. The van der Waals surface area contributed by atoms with Crippen LogP contribution < -0.4 is 5.32 Å². The molecule has 0 fully saturated rings. The van der Waals surface area contributed by atoms with E-state index in [1.54, 1.807) is 0 Å². The molecule has 2 heteroatoms. The summed E-state index contributed by atoms with van der Waals surface area (Å²) in [6.07, 6.45) is 1.82. The molecule has 1 amide bonds. The molecule has 0 radical (unpaired) electrons. The van der Waals surface area contributed by atoms with Gasteiger partial charge in [0.15, 0.2) is 0 Å². The van der Waals surface area contributed by atoms with Gasteiger partial charge in [-0.05, 0) is 19.9 Å². The van der Waals surface area contributed by atoms with Gasteiger partial charge >= 0.3 is 0 Å². The highest BCUT2D eigenvalue weighted by atomic mass is 16.1. The number of hydrogen-bond donors (Lipinski definition) is 1. The number of hydrogen-bond acceptors (Lipinski definition) is 1. The molecule has 0 aromatic heterocycles. The van der Waals surface area contributed by atoms with Gasteiger partial charge in [0.1, 0.15) is 0 Å². The van der Waals surface area contributed by atoms with E-state index in [0.717, 1.165) is 11.3 Å². The molecule has 0 aromatic rings. The highest BCUT2D eigenvalue weighted by Crippen LogP contribution is 1.94. The second kappa shape index (κ2) is 3.88. The van der Waals surface area contributed by atoms with E-state index in [2.05, 4.69) is 11.9 Å². The lowest BCUT2D eigenvalue weighted by Gasteiger charge is -1.99. The molecule has 1 N–H and O–H groups in total. The first-order valence-electron chi connectivity index (χ1n) is 3.14. The zero-order valence-electron chi connectivity index (χ0n) is 6.69. The van der Waals surface area contributed by atoms with Crippen LogP contribution in [-0.4, -0.2) is 5.91 Å². The monoisotopic (exact) mass is 139 g/mol. The largest absolute Gasteiger partial charge is 0.330 e. The van der Waals surface area contributed by atoms with Crippen LogP contribution in [0.15, 0.2) is 23.9 Å². The third kappa shape index (κ3) is 5.09. The first-order valence-corrected chi connectivity index (χ1v) is 3.14. The molecule has 0 aromatic carbocycles. The Morgan fingerprint density at radius 1 is 1.40 bits per heavy atom. The van der Waals surface area contributed by atoms with Crippen LogP contribution in [0.5, 0.6) is 0 Å². The molecule has 0 spiro atoms. The van der Waals surface area contributed by atoms with Crippen LogP contribution in [0.2, 0.25) is 0 Å². The van der Waals surface area contributed by atoms with Gasteiger partial charge in [-0.2, -0.15) is 0 Å². The minimum atomic E-state index is -0.0463. The summed E-state index contributed by atoms with van der Waals surface area (Å²) < 4.78 is 0. The minimum Gasteiger partial charge on any atom is -0.330 e. The van der Waals surface area contributed by atoms with Crippen LogP contribution in [-0.2, 0) is 4.79 Å². The Morgan fingerprint density at radius 3 is 2.20 bits per heavy atom. The van der Waals surface area contributed by atoms with Crippen LogP contribution in [0, 0.1) is 0 Å². The number of carbonyl (C=O) groups is 1. The van der Waals surface area contributed by atoms with E-state index in [1.807, 2.05) is 19.9 Å². The van der Waals surface area contributed by atoms with Crippen LogP contribution in [0.3, 0.4) is 0 Å². The van der Waals surface area contributed by atoms with Crippen molar-refractivity contribution in [2.45, 2.75) is 20.8 Å². The smallest absolute Gasteiger partial charge is 0.220 e. The number of amides is 1. The molecular formula is C8H13NO. The standard InChI is InChI=1S/C8H13NO/c1-6(2)5-7(3)9-8(4)10/h5H,1H2,2-4H3,(H,9,10)/b7-5-. The first kappa shape index (κ1) is 8.95. The van der Waals surface area contributed by atoms with Gasteiger partial charge < -0.3 is 5.32 Å². The number of allylic oxidation sites excluding steroid dienone is 3. The highest BCUT2D eigenvalue weighted by Gasteiger charge is 1.90. The summed E-state index contributed by atoms with van der Waals surface area (Å²) in [5, 5.41) is 2.64. The third-order valence-electron chi connectivity index (χ3n) is 0.836. The minimum absolute atomic E-state index is 0.0463. The predicted octanol–water partition coefficient (Wildman–Crippen LogP) is 1.60. The normalized spacial score (nSPS) is 10.9. The maximum Gasteiger partial charge on any atom is 0.220 e. The van der Waals surface area contributed by atoms with Gasteiger partial charge in [0.05, 0.1) is 0 Å². The summed E-state index contributed by atoms with van der Waals surface area (Å²) in [6.45, 7) is 8.87. The van der Waals surface area contributed by atoms with Crippen molar-refractivity contribution in [2.75, 3.05) is 0 Å². The molecule has 0 heterocycles. The zero-order valence-corrected chi connectivity index (χ0v) is 6.69. The topological polar surface area (TPSA) is 29.1 Å².